The van der Waals surface area contributed by atoms with Gasteiger partial charge >= 0.3 is 0 Å². The van der Waals surface area contributed by atoms with Crippen LogP contribution in [0.5, 0.6) is 11.5 Å². The highest BCUT2D eigenvalue weighted by Gasteiger charge is 2.48. The van der Waals surface area contributed by atoms with Gasteiger partial charge in [-0.25, -0.2) is 0 Å². The van der Waals surface area contributed by atoms with Crippen molar-refractivity contribution < 1.29 is 29.6 Å². The Morgan fingerprint density at radius 3 is 2.74 bits per heavy atom. The number of unbranched alkanes of at least 4 members (excludes halogenated alkanes) is 2. The summed E-state index contributed by atoms with van der Waals surface area (Å²) in [6.07, 6.45) is 17.4. The molecule has 0 amide bonds. The minimum Gasteiger partial charge on any atom is -0.465 e. The van der Waals surface area contributed by atoms with Crippen LogP contribution in [0.15, 0.2) is 70.5 Å². The minimum absolute atomic E-state index is 0.00672. The van der Waals surface area contributed by atoms with Crippen molar-refractivity contribution >= 4 is 12.0 Å². The van der Waals surface area contributed by atoms with E-state index in [0.717, 1.165) is 97.0 Å². The van der Waals surface area contributed by atoms with Crippen LogP contribution in [-0.2, 0) is 24.1 Å². The molecule has 10 heteroatoms. The lowest BCUT2D eigenvalue weighted by atomic mass is 9.73. The first kappa shape index (κ1) is 41.7. The number of rotatable bonds is 10. The Bertz CT molecular complexity index is 2280. The first-order valence-electron chi connectivity index (χ1n) is 22.7. The van der Waals surface area contributed by atoms with Crippen LogP contribution in [0.25, 0.3) is 0 Å². The summed E-state index contributed by atoms with van der Waals surface area (Å²) in [7, 11) is 0. The molecule has 2 aliphatic carbocycles. The lowest BCUT2D eigenvalue weighted by Crippen LogP contribution is -2.47. The number of allylic oxidation sites excluding steroid dienone is 2. The monoisotopic (exact) mass is 824 g/mol. The summed E-state index contributed by atoms with van der Waals surface area (Å²) >= 11 is 0. The van der Waals surface area contributed by atoms with E-state index in [9.17, 15) is 20.1 Å². The molecule has 9 rings (SSSR count). The van der Waals surface area contributed by atoms with E-state index in [1.54, 1.807) is 0 Å². The SMILES string of the molecule is CCCCC[C@H](C(=O)CCc1ccc2c(c1)O[C@@H]1[C@@H](C#C[C@H](O)c3ccc4c(c3CC3=C5CN1C=C5N=C3)CCN[C@@H]4N)C1(C#CO2)CCCC1)[C@H](O)[C@@H]1C=C[C@@H](C)C[C@H]1O. The molecule has 1 spiro atoms. The normalized spacial score (nSPS) is 28.9. The maximum atomic E-state index is 14.0. The minimum atomic E-state index is -1.03. The van der Waals surface area contributed by atoms with E-state index < -0.39 is 47.7 Å². The van der Waals surface area contributed by atoms with Gasteiger partial charge in [-0.3, -0.25) is 15.1 Å². The fourth-order valence-electron chi connectivity index (χ4n) is 10.9. The molecule has 61 heavy (non-hydrogen) atoms. The molecule has 5 aliphatic heterocycles. The Morgan fingerprint density at radius 2 is 1.92 bits per heavy atom. The lowest BCUT2D eigenvalue weighted by Gasteiger charge is -2.39. The number of aliphatic hydroxyl groups is 3. The Morgan fingerprint density at radius 1 is 1.08 bits per heavy atom. The predicted octanol–water partition coefficient (Wildman–Crippen LogP) is 6.49. The number of Topliss-reactive ketones (excluding diaryl/α,β-unsaturated/α-hetero) is 1. The van der Waals surface area contributed by atoms with Crippen molar-refractivity contribution in [3.05, 3.63) is 93.3 Å². The number of hydrogen-bond acceptors (Lipinski definition) is 10. The molecule has 2 aromatic rings. The number of carbonyl (C=O) groups excluding carboxylic acids is 1. The summed E-state index contributed by atoms with van der Waals surface area (Å²) in [5.41, 5.74) is 14.2. The fraction of sp³-hybridized carbons (Fsp3) is 0.529. The van der Waals surface area contributed by atoms with Crippen molar-refractivity contribution in [3.63, 3.8) is 0 Å². The average Bonchev–Trinajstić information content (AvgIpc) is 4.00. The van der Waals surface area contributed by atoms with Crippen LogP contribution < -0.4 is 20.5 Å². The van der Waals surface area contributed by atoms with E-state index in [2.05, 4.69) is 54.1 Å². The zero-order chi connectivity index (χ0) is 42.3. The van der Waals surface area contributed by atoms with Gasteiger partial charge < -0.3 is 35.4 Å². The molecule has 320 valence electrons. The highest BCUT2D eigenvalue weighted by atomic mass is 16.5. The molecule has 0 unspecified atom stereocenters. The van der Waals surface area contributed by atoms with E-state index in [0.29, 0.717) is 43.7 Å². The molecule has 9 atom stereocenters. The number of carbonyl (C=O) groups is 1. The number of nitrogens with two attached hydrogens (primary N) is 1. The summed E-state index contributed by atoms with van der Waals surface area (Å²) in [5.74, 6) is 10.3. The highest BCUT2D eigenvalue weighted by molar-refractivity contribution is 5.88. The fourth-order valence-corrected chi connectivity index (χ4v) is 10.9. The third-order valence-corrected chi connectivity index (χ3v) is 14.4. The standard InChI is InChI=1S/C51H60N4O6/c1-3-4-5-8-37(48(59)38-12-9-31(2)25-45(38)58)44(57)16-10-32-11-18-46-47(26-32)61-50-41(51(22-24-60-46)20-6-7-21-51)15-17-43(56)35-13-14-36-34(19-23-53-49(36)52)39(35)27-33-28-54-42-30-55(50)29-40(33)42/h9,11-14,18,26,28,30-31,37-38,41,43,45,48-50,53,56,58-59H,3-8,10,16,19-21,23,25,27,29,52H2,1-2H3/t31-,37-,38-,41-,43+,45-,48+,49+,50-/m1/s1. The maximum Gasteiger partial charge on any atom is 0.187 e. The van der Waals surface area contributed by atoms with Crippen molar-refractivity contribution in [1.82, 2.24) is 10.2 Å². The highest BCUT2D eigenvalue weighted by Crippen LogP contribution is 2.49. The second-order valence-corrected chi connectivity index (χ2v) is 18.5. The van der Waals surface area contributed by atoms with E-state index in [1.165, 1.54) is 5.56 Å². The first-order chi connectivity index (χ1) is 29.6. The van der Waals surface area contributed by atoms with E-state index in [1.807, 2.05) is 48.7 Å². The number of nitrogens with zero attached hydrogens (tertiary/aromatic N) is 2. The molecule has 1 fully saturated rings. The zero-order valence-corrected chi connectivity index (χ0v) is 35.5. The third kappa shape index (κ3) is 8.22. The molecule has 10 nitrogen and oxygen atoms in total. The molecule has 0 aromatic heterocycles. The second kappa shape index (κ2) is 17.6. The van der Waals surface area contributed by atoms with E-state index in [-0.39, 0.29) is 24.3 Å². The largest absolute Gasteiger partial charge is 0.465 e. The van der Waals surface area contributed by atoms with Gasteiger partial charge in [-0.05, 0) is 90.0 Å². The molecule has 2 bridgehead atoms. The number of aliphatic hydroxyl groups excluding tert-OH is 3. The van der Waals surface area contributed by atoms with Crippen molar-refractivity contribution in [2.45, 2.75) is 128 Å². The van der Waals surface area contributed by atoms with E-state index >= 15 is 0 Å². The average molecular weight is 825 g/mol. The van der Waals surface area contributed by atoms with Gasteiger partial charge in [0.25, 0.3) is 0 Å². The van der Waals surface area contributed by atoms with Crippen LogP contribution in [0.4, 0.5) is 0 Å². The molecule has 7 aliphatic rings. The van der Waals surface area contributed by atoms with Gasteiger partial charge in [0.05, 0.1) is 35.4 Å². The number of ether oxygens (including phenoxy) is 2. The maximum absolute atomic E-state index is 14.0. The molecule has 6 N–H and O–H groups in total. The van der Waals surface area contributed by atoms with Gasteiger partial charge in [0, 0.05) is 55.8 Å². The Labute approximate surface area is 360 Å². The van der Waals surface area contributed by atoms with Crippen LogP contribution in [0.1, 0.15) is 118 Å². The number of nitrogens with one attached hydrogen (secondary N) is 1. The lowest BCUT2D eigenvalue weighted by molar-refractivity contribution is -0.129. The number of benzene rings is 2. The van der Waals surface area contributed by atoms with E-state index in [4.69, 9.17) is 20.2 Å². The number of aliphatic imine (C=N–C) groups is 1. The van der Waals surface area contributed by atoms with Gasteiger partial charge in [-0.15, -0.1) is 0 Å². The topological polar surface area (TPSA) is 150 Å². The summed E-state index contributed by atoms with van der Waals surface area (Å²) in [5, 5.41) is 37.9. The van der Waals surface area contributed by atoms with Gasteiger partial charge in [0.2, 0.25) is 0 Å². The van der Waals surface area contributed by atoms with Crippen LogP contribution in [0.2, 0.25) is 0 Å². The Hall–Kier alpha value is -4.68. The van der Waals surface area contributed by atoms with Crippen LogP contribution in [-0.4, -0.2) is 63.7 Å². The Balaban J connectivity index is 1.04. The molecular formula is C51H60N4O6. The zero-order valence-electron chi connectivity index (χ0n) is 35.5. The molecule has 5 heterocycles. The summed E-state index contributed by atoms with van der Waals surface area (Å²) in [6.45, 7) is 5.53. The summed E-state index contributed by atoms with van der Waals surface area (Å²) in [4.78, 5) is 21.2. The smallest absolute Gasteiger partial charge is 0.187 e. The predicted molar refractivity (Wildman–Crippen MR) is 235 cm³/mol. The molecule has 2 aromatic carbocycles. The number of fused-ring (bicyclic) bond motifs is 8. The van der Waals surface area contributed by atoms with Crippen LogP contribution in [0, 0.1) is 53.0 Å². The number of ketones is 1. The van der Waals surface area contributed by atoms with Gasteiger partial charge in [-0.2, -0.15) is 0 Å². The first-order valence-corrected chi connectivity index (χ1v) is 22.7. The quantitative estimate of drug-likeness (QED) is 0.103. The summed E-state index contributed by atoms with van der Waals surface area (Å²) < 4.78 is 13.4. The van der Waals surface area contributed by atoms with Crippen molar-refractivity contribution in [3.8, 4) is 35.4 Å². The molecule has 0 saturated heterocycles. The van der Waals surface area contributed by atoms with Crippen LogP contribution >= 0.6 is 0 Å². The summed E-state index contributed by atoms with van der Waals surface area (Å²) in [6, 6.07) is 9.81. The third-order valence-electron chi connectivity index (χ3n) is 14.4. The molecular weight excluding hydrogens is 765 g/mol. The second-order valence-electron chi connectivity index (χ2n) is 18.5. The van der Waals surface area contributed by atoms with Crippen molar-refractivity contribution in [2.75, 3.05) is 13.1 Å². The Kier molecular flexibility index (Phi) is 12.0. The van der Waals surface area contributed by atoms with Crippen molar-refractivity contribution in [1.29, 1.82) is 0 Å². The molecule has 1 saturated carbocycles. The van der Waals surface area contributed by atoms with Gasteiger partial charge in [0.1, 0.15) is 18.0 Å². The van der Waals surface area contributed by atoms with Crippen LogP contribution in [0.3, 0.4) is 0 Å². The van der Waals surface area contributed by atoms with Gasteiger partial charge in [0.15, 0.2) is 17.7 Å². The number of hydrogen-bond donors (Lipinski definition) is 5. The molecule has 0 radical (unpaired) electrons. The van der Waals surface area contributed by atoms with Gasteiger partial charge in [-0.1, -0.05) is 94.1 Å². The number of aryl methyl sites for hydroxylation is 1. The van der Waals surface area contributed by atoms with Crippen molar-refractivity contribution in [2.24, 2.45) is 39.8 Å².